The van der Waals surface area contributed by atoms with E-state index in [1.165, 1.54) is 4.90 Å². The predicted octanol–water partition coefficient (Wildman–Crippen LogP) is 2.11. The Morgan fingerprint density at radius 1 is 1.04 bits per heavy atom. The van der Waals surface area contributed by atoms with Crippen molar-refractivity contribution in [3.8, 4) is 0 Å². The molecule has 3 heterocycles. The van der Waals surface area contributed by atoms with Gasteiger partial charge in [0.2, 0.25) is 0 Å². The van der Waals surface area contributed by atoms with Crippen molar-refractivity contribution in [1.82, 2.24) is 20.5 Å². The van der Waals surface area contributed by atoms with Crippen LogP contribution in [0.25, 0.3) is 0 Å². The second kappa shape index (κ2) is 7.48. The van der Waals surface area contributed by atoms with Gasteiger partial charge in [0.25, 0.3) is 5.91 Å². The largest absolute Gasteiger partial charge is 0.325 e. The van der Waals surface area contributed by atoms with Gasteiger partial charge in [0, 0.05) is 12.6 Å². The van der Waals surface area contributed by atoms with Crippen LogP contribution in [0.5, 0.6) is 0 Å². The molecule has 2 aliphatic heterocycles. The fraction of sp³-hybridized carbons (Fsp3) is 0.381. The van der Waals surface area contributed by atoms with E-state index in [4.69, 9.17) is 0 Å². The Labute approximate surface area is 159 Å². The lowest BCUT2D eigenvalue weighted by molar-refractivity contribution is -0.134. The molecule has 6 nitrogen and oxygen atoms in total. The van der Waals surface area contributed by atoms with E-state index < -0.39 is 5.54 Å². The Morgan fingerprint density at radius 2 is 1.78 bits per heavy atom. The summed E-state index contributed by atoms with van der Waals surface area (Å²) in [6, 6.07) is 15.1. The second-order valence-electron chi connectivity index (χ2n) is 7.30. The summed E-state index contributed by atoms with van der Waals surface area (Å²) in [5, 5.41) is 6.44. The first-order chi connectivity index (χ1) is 13.2. The van der Waals surface area contributed by atoms with Crippen molar-refractivity contribution in [2.75, 3.05) is 13.1 Å². The number of nitrogens with zero attached hydrogens (tertiary/aromatic N) is 2. The number of carbonyl (C=O) groups excluding carboxylic acids is 2. The molecule has 6 heteroatoms. The number of piperidine rings is 1. The van der Waals surface area contributed by atoms with Gasteiger partial charge in [-0.15, -0.1) is 0 Å². The van der Waals surface area contributed by atoms with Gasteiger partial charge in [0.15, 0.2) is 0 Å². The molecule has 3 amide bonds. The monoisotopic (exact) mass is 364 g/mol. The van der Waals surface area contributed by atoms with Crippen molar-refractivity contribution in [3.63, 3.8) is 0 Å². The van der Waals surface area contributed by atoms with Gasteiger partial charge in [0.1, 0.15) is 5.54 Å². The summed E-state index contributed by atoms with van der Waals surface area (Å²) in [5.41, 5.74) is 0.890. The van der Waals surface area contributed by atoms with Crippen LogP contribution in [0.3, 0.4) is 0 Å². The number of nitrogens with one attached hydrogen (secondary N) is 2. The van der Waals surface area contributed by atoms with E-state index in [0.29, 0.717) is 12.1 Å². The normalized spacial score (nSPS) is 23.5. The van der Waals surface area contributed by atoms with Crippen LogP contribution in [0.15, 0.2) is 54.7 Å². The lowest BCUT2D eigenvalue weighted by Gasteiger charge is -2.38. The number of amides is 3. The zero-order valence-electron chi connectivity index (χ0n) is 15.2. The SMILES string of the molecule is O=C1N[C@@](Cc2ccccc2)(C2CCNCC2)C(=O)N1Cc1ccccn1. The first-order valence-corrected chi connectivity index (χ1v) is 9.48. The smallest absolute Gasteiger partial charge is 0.322 e. The number of urea groups is 1. The third kappa shape index (κ3) is 3.45. The molecule has 2 N–H and O–H groups in total. The fourth-order valence-electron chi connectivity index (χ4n) is 4.22. The Hall–Kier alpha value is -2.73. The van der Waals surface area contributed by atoms with Gasteiger partial charge >= 0.3 is 6.03 Å². The topological polar surface area (TPSA) is 74.3 Å². The van der Waals surface area contributed by atoms with Gasteiger partial charge in [0.05, 0.1) is 12.2 Å². The highest BCUT2D eigenvalue weighted by Gasteiger charge is 2.55. The van der Waals surface area contributed by atoms with Crippen LogP contribution in [0.1, 0.15) is 24.1 Å². The van der Waals surface area contributed by atoms with Gasteiger partial charge < -0.3 is 10.6 Å². The minimum absolute atomic E-state index is 0.115. The van der Waals surface area contributed by atoms with E-state index >= 15 is 0 Å². The highest BCUT2D eigenvalue weighted by Crippen LogP contribution is 2.35. The summed E-state index contributed by atoms with van der Waals surface area (Å²) in [6.45, 7) is 1.93. The third-order valence-electron chi connectivity index (χ3n) is 5.61. The van der Waals surface area contributed by atoms with Crippen LogP contribution >= 0.6 is 0 Å². The van der Waals surface area contributed by atoms with Gasteiger partial charge in [-0.2, -0.15) is 0 Å². The average molecular weight is 364 g/mol. The number of hydrogen-bond donors (Lipinski definition) is 2. The first-order valence-electron chi connectivity index (χ1n) is 9.48. The molecule has 140 valence electrons. The van der Waals surface area contributed by atoms with E-state index in [1.54, 1.807) is 6.20 Å². The zero-order chi connectivity index (χ0) is 18.7. The van der Waals surface area contributed by atoms with Crippen molar-refractivity contribution >= 4 is 11.9 Å². The molecule has 0 aliphatic carbocycles. The van der Waals surface area contributed by atoms with Crippen LogP contribution < -0.4 is 10.6 Å². The van der Waals surface area contributed by atoms with Crippen LogP contribution in [0, 0.1) is 5.92 Å². The summed E-state index contributed by atoms with van der Waals surface area (Å²) in [5.74, 6) is -0.0157. The van der Waals surface area contributed by atoms with Crippen molar-refractivity contribution < 1.29 is 9.59 Å². The molecule has 2 saturated heterocycles. The third-order valence-corrected chi connectivity index (χ3v) is 5.61. The number of hydrogen-bond acceptors (Lipinski definition) is 4. The molecular formula is C21H24N4O2. The molecule has 4 rings (SSSR count). The average Bonchev–Trinajstić information content (AvgIpc) is 2.95. The summed E-state index contributed by atoms with van der Waals surface area (Å²) >= 11 is 0. The van der Waals surface area contributed by atoms with Crippen molar-refractivity contribution in [3.05, 3.63) is 66.0 Å². The van der Waals surface area contributed by atoms with E-state index in [1.807, 2.05) is 48.5 Å². The van der Waals surface area contributed by atoms with E-state index in [-0.39, 0.29) is 24.4 Å². The number of aromatic nitrogens is 1. The maximum atomic E-state index is 13.5. The van der Waals surface area contributed by atoms with Crippen molar-refractivity contribution in [2.45, 2.75) is 31.3 Å². The molecule has 1 aromatic carbocycles. The highest BCUT2D eigenvalue weighted by atomic mass is 16.2. The minimum Gasteiger partial charge on any atom is -0.322 e. The number of pyridine rings is 1. The highest BCUT2D eigenvalue weighted by molar-refractivity contribution is 6.07. The number of imide groups is 1. The van der Waals surface area contributed by atoms with Crippen LogP contribution in [-0.4, -0.2) is 40.5 Å². The van der Waals surface area contributed by atoms with Crippen molar-refractivity contribution in [1.29, 1.82) is 0 Å². The fourth-order valence-corrected chi connectivity index (χ4v) is 4.22. The summed E-state index contributed by atoms with van der Waals surface area (Å²) in [6.07, 6.45) is 3.94. The maximum absolute atomic E-state index is 13.5. The van der Waals surface area contributed by atoms with Gasteiger partial charge in [-0.1, -0.05) is 36.4 Å². The lowest BCUT2D eigenvalue weighted by atomic mass is 9.74. The number of benzene rings is 1. The minimum atomic E-state index is -0.880. The first kappa shape index (κ1) is 17.7. The second-order valence-corrected chi connectivity index (χ2v) is 7.30. The molecule has 1 atom stereocenters. The predicted molar refractivity (Wildman–Crippen MR) is 102 cm³/mol. The summed E-state index contributed by atoms with van der Waals surface area (Å²) in [7, 11) is 0. The lowest BCUT2D eigenvalue weighted by Crippen LogP contribution is -2.57. The van der Waals surface area contributed by atoms with E-state index in [9.17, 15) is 9.59 Å². The quantitative estimate of drug-likeness (QED) is 0.797. The molecule has 0 unspecified atom stereocenters. The molecule has 0 radical (unpaired) electrons. The standard InChI is InChI=1S/C21H24N4O2/c26-19-21(17-9-12-22-13-10-17,14-16-6-2-1-3-7-16)24-20(27)25(19)15-18-8-4-5-11-23-18/h1-8,11,17,22H,9-10,12-15H2,(H,24,27)/t21-/m0/s1. The van der Waals surface area contributed by atoms with Crippen LogP contribution in [0.2, 0.25) is 0 Å². The molecule has 0 bridgehead atoms. The molecule has 27 heavy (non-hydrogen) atoms. The molecule has 0 spiro atoms. The molecule has 2 aromatic rings. The maximum Gasteiger partial charge on any atom is 0.325 e. The Morgan fingerprint density at radius 3 is 2.48 bits per heavy atom. The van der Waals surface area contributed by atoms with Gasteiger partial charge in [-0.3, -0.25) is 14.7 Å². The van der Waals surface area contributed by atoms with E-state index in [0.717, 1.165) is 31.5 Å². The Balaban J connectivity index is 1.65. The summed E-state index contributed by atoms with van der Waals surface area (Å²) < 4.78 is 0. The number of rotatable bonds is 5. The molecule has 2 aliphatic rings. The van der Waals surface area contributed by atoms with Crippen LogP contribution in [-0.2, 0) is 17.8 Å². The summed E-state index contributed by atoms with van der Waals surface area (Å²) in [4.78, 5) is 31.9. The van der Waals surface area contributed by atoms with Gasteiger partial charge in [-0.25, -0.2) is 4.79 Å². The zero-order valence-corrected chi connectivity index (χ0v) is 15.2. The van der Waals surface area contributed by atoms with Crippen molar-refractivity contribution in [2.24, 2.45) is 5.92 Å². The van der Waals surface area contributed by atoms with E-state index in [2.05, 4.69) is 15.6 Å². The molecule has 1 aromatic heterocycles. The van der Waals surface area contributed by atoms with Crippen LogP contribution in [0.4, 0.5) is 4.79 Å². The molecule has 0 saturated carbocycles. The number of carbonyl (C=O) groups is 2. The molecule has 2 fully saturated rings. The molecular weight excluding hydrogens is 340 g/mol. The van der Waals surface area contributed by atoms with Gasteiger partial charge in [-0.05, 0) is 49.5 Å². The Bertz CT molecular complexity index is 805. The Kier molecular flexibility index (Phi) is 4.90.